The van der Waals surface area contributed by atoms with E-state index in [1.165, 1.54) is 16.7 Å². The number of aromatic nitrogens is 2. The van der Waals surface area contributed by atoms with Crippen LogP contribution in [-0.4, -0.2) is 9.97 Å². The molecule has 0 unspecified atom stereocenters. The first kappa shape index (κ1) is 12.1. The molecule has 0 amide bonds. The van der Waals surface area contributed by atoms with Crippen molar-refractivity contribution in [2.75, 3.05) is 5.43 Å². The number of rotatable bonds is 2. The molecular weight excluding hydrogens is 236 g/mol. The Kier molecular flexibility index (Phi) is 2.95. The van der Waals surface area contributed by atoms with Gasteiger partial charge in [-0.05, 0) is 50.3 Å². The Morgan fingerprint density at radius 1 is 1.11 bits per heavy atom. The summed E-state index contributed by atoms with van der Waals surface area (Å²) in [7, 11) is 0. The lowest BCUT2D eigenvalue weighted by atomic mass is 10.1. The van der Waals surface area contributed by atoms with Gasteiger partial charge in [0.15, 0.2) is 5.82 Å². The van der Waals surface area contributed by atoms with E-state index in [0.29, 0.717) is 0 Å². The molecule has 1 heterocycles. The molecule has 0 radical (unpaired) electrons. The Labute approximate surface area is 113 Å². The summed E-state index contributed by atoms with van der Waals surface area (Å²) in [5, 5.41) is 0. The van der Waals surface area contributed by atoms with Gasteiger partial charge in [0.25, 0.3) is 0 Å². The van der Waals surface area contributed by atoms with Gasteiger partial charge in [0.2, 0.25) is 0 Å². The van der Waals surface area contributed by atoms with Gasteiger partial charge in [-0.3, -0.25) is 0 Å². The largest absolute Gasteiger partial charge is 0.308 e. The highest BCUT2D eigenvalue weighted by Gasteiger charge is 2.19. The van der Waals surface area contributed by atoms with Crippen LogP contribution in [-0.2, 0) is 12.8 Å². The fourth-order valence-corrected chi connectivity index (χ4v) is 2.56. The van der Waals surface area contributed by atoms with Crippen molar-refractivity contribution in [3.8, 4) is 11.4 Å². The van der Waals surface area contributed by atoms with E-state index < -0.39 is 0 Å². The number of hydrogen-bond acceptors (Lipinski definition) is 4. The summed E-state index contributed by atoms with van der Waals surface area (Å²) in [5.41, 5.74) is 8.61. The molecule has 98 valence electrons. The zero-order chi connectivity index (χ0) is 13.4. The summed E-state index contributed by atoms with van der Waals surface area (Å²) in [6, 6.07) is 6.31. The maximum absolute atomic E-state index is 5.58. The maximum Gasteiger partial charge on any atom is 0.161 e. The Balaban J connectivity index is 2.12. The molecule has 0 saturated heterocycles. The monoisotopic (exact) mass is 254 g/mol. The molecule has 0 bridgehead atoms. The third-order valence-corrected chi connectivity index (χ3v) is 3.83. The van der Waals surface area contributed by atoms with Crippen molar-refractivity contribution in [3.05, 3.63) is 40.6 Å². The minimum atomic E-state index is 0.761. The number of nitrogens with two attached hydrogens (primary N) is 1. The van der Waals surface area contributed by atoms with Gasteiger partial charge >= 0.3 is 0 Å². The highest BCUT2D eigenvalue weighted by atomic mass is 15.3. The van der Waals surface area contributed by atoms with Crippen molar-refractivity contribution < 1.29 is 0 Å². The SMILES string of the molecule is Cc1ccc(-c2nc3c(c(NN)n2)CCC3)cc1C. The van der Waals surface area contributed by atoms with Gasteiger partial charge in [-0.2, -0.15) is 0 Å². The first-order valence-electron chi connectivity index (χ1n) is 6.63. The molecular formula is C15H18N4. The Bertz CT molecular complexity index is 634. The summed E-state index contributed by atoms with van der Waals surface area (Å²) >= 11 is 0. The van der Waals surface area contributed by atoms with E-state index in [1.54, 1.807) is 0 Å². The molecule has 1 aromatic heterocycles. The second-order valence-corrected chi connectivity index (χ2v) is 5.12. The molecule has 0 atom stereocenters. The predicted molar refractivity (Wildman–Crippen MR) is 76.8 cm³/mol. The lowest BCUT2D eigenvalue weighted by Gasteiger charge is -2.10. The van der Waals surface area contributed by atoms with Crippen molar-refractivity contribution in [1.82, 2.24) is 9.97 Å². The van der Waals surface area contributed by atoms with Crippen molar-refractivity contribution in [3.63, 3.8) is 0 Å². The van der Waals surface area contributed by atoms with Crippen LogP contribution < -0.4 is 11.3 Å². The van der Waals surface area contributed by atoms with Crippen LogP contribution in [0.15, 0.2) is 18.2 Å². The van der Waals surface area contributed by atoms with Crippen molar-refractivity contribution >= 4 is 5.82 Å². The average Bonchev–Trinajstić information content (AvgIpc) is 2.89. The van der Waals surface area contributed by atoms with Gasteiger partial charge in [0, 0.05) is 16.8 Å². The fourth-order valence-electron chi connectivity index (χ4n) is 2.56. The molecule has 1 aromatic carbocycles. The van der Waals surface area contributed by atoms with Gasteiger partial charge in [-0.25, -0.2) is 15.8 Å². The Morgan fingerprint density at radius 2 is 1.95 bits per heavy atom. The summed E-state index contributed by atoms with van der Waals surface area (Å²) in [5.74, 6) is 7.12. The minimum Gasteiger partial charge on any atom is -0.308 e. The van der Waals surface area contributed by atoms with Gasteiger partial charge in [0.05, 0.1) is 0 Å². The van der Waals surface area contributed by atoms with Crippen LogP contribution in [0.3, 0.4) is 0 Å². The summed E-state index contributed by atoms with van der Waals surface area (Å²) < 4.78 is 0. The van der Waals surface area contributed by atoms with Crippen LogP contribution in [0.4, 0.5) is 5.82 Å². The third-order valence-electron chi connectivity index (χ3n) is 3.83. The number of anilines is 1. The number of nitrogens with zero attached hydrogens (tertiary/aromatic N) is 2. The number of nitrogen functional groups attached to an aromatic ring is 1. The van der Waals surface area contributed by atoms with E-state index in [2.05, 4.69) is 42.5 Å². The fraction of sp³-hybridized carbons (Fsp3) is 0.333. The van der Waals surface area contributed by atoms with Crippen LogP contribution in [0.25, 0.3) is 11.4 Å². The van der Waals surface area contributed by atoms with Crippen molar-refractivity contribution in [1.29, 1.82) is 0 Å². The van der Waals surface area contributed by atoms with E-state index in [-0.39, 0.29) is 0 Å². The summed E-state index contributed by atoms with van der Waals surface area (Å²) in [4.78, 5) is 9.25. The topological polar surface area (TPSA) is 63.8 Å². The second-order valence-electron chi connectivity index (χ2n) is 5.12. The van der Waals surface area contributed by atoms with Crippen LogP contribution in [0, 0.1) is 13.8 Å². The first-order chi connectivity index (χ1) is 9.19. The number of aryl methyl sites for hydroxylation is 3. The van der Waals surface area contributed by atoms with E-state index in [4.69, 9.17) is 10.8 Å². The van der Waals surface area contributed by atoms with Crippen molar-refractivity contribution in [2.45, 2.75) is 33.1 Å². The normalized spacial score (nSPS) is 13.4. The zero-order valence-electron chi connectivity index (χ0n) is 11.3. The van der Waals surface area contributed by atoms with Crippen LogP contribution in [0.1, 0.15) is 28.8 Å². The molecule has 0 fully saturated rings. The van der Waals surface area contributed by atoms with Crippen LogP contribution in [0.2, 0.25) is 0 Å². The molecule has 2 aromatic rings. The summed E-state index contributed by atoms with van der Waals surface area (Å²) in [6.45, 7) is 4.21. The summed E-state index contributed by atoms with van der Waals surface area (Å²) in [6.07, 6.45) is 3.17. The van der Waals surface area contributed by atoms with Gasteiger partial charge in [-0.15, -0.1) is 0 Å². The van der Waals surface area contributed by atoms with E-state index in [0.717, 1.165) is 42.2 Å². The highest BCUT2D eigenvalue weighted by Crippen LogP contribution is 2.29. The lowest BCUT2D eigenvalue weighted by molar-refractivity contribution is 0.900. The molecule has 4 heteroatoms. The molecule has 1 aliphatic carbocycles. The number of fused-ring (bicyclic) bond motifs is 1. The third kappa shape index (κ3) is 2.08. The van der Waals surface area contributed by atoms with Crippen LogP contribution >= 0.6 is 0 Å². The Hall–Kier alpha value is -1.94. The minimum absolute atomic E-state index is 0.761. The lowest BCUT2D eigenvalue weighted by Crippen LogP contribution is -2.12. The zero-order valence-corrected chi connectivity index (χ0v) is 11.3. The number of benzene rings is 1. The van der Waals surface area contributed by atoms with E-state index in [1.807, 2.05) is 0 Å². The number of hydrogen-bond donors (Lipinski definition) is 2. The van der Waals surface area contributed by atoms with Gasteiger partial charge in [-0.1, -0.05) is 12.1 Å². The van der Waals surface area contributed by atoms with E-state index in [9.17, 15) is 0 Å². The molecule has 4 nitrogen and oxygen atoms in total. The first-order valence-corrected chi connectivity index (χ1v) is 6.63. The highest BCUT2D eigenvalue weighted by molar-refractivity contribution is 5.61. The van der Waals surface area contributed by atoms with Gasteiger partial charge in [0.1, 0.15) is 5.82 Å². The standard InChI is InChI=1S/C15H18N4/c1-9-6-7-11(8-10(9)2)14-17-13-5-3-4-12(13)15(18-14)19-16/h6-8H,3-5,16H2,1-2H3,(H,17,18,19). The Morgan fingerprint density at radius 3 is 2.68 bits per heavy atom. The second kappa shape index (κ2) is 4.63. The number of nitrogens with one attached hydrogen (secondary N) is 1. The molecule has 0 spiro atoms. The smallest absolute Gasteiger partial charge is 0.161 e. The average molecular weight is 254 g/mol. The maximum atomic E-state index is 5.58. The molecule has 1 aliphatic rings. The molecule has 3 rings (SSSR count). The van der Waals surface area contributed by atoms with Gasteiger partial charge < -0.3 is 5.43 Å². The molecule has 19 heavy (non-hydrogen) atoms. The number of hydrazine groups is 1. The van der Waals surface area contributed by atoms with Crippen LogP contribution in [0.5, 0.6) is 0 Å². The quantitative estimate of drug-likeness (QED) is 0.638. The van der Waals surface area contributed by atoms with E-state index >= 15 is 0 Å². The molecule has 0 saturated carbocycles. The predicted octanol–water partition coefficient (Wildman–Crippen LogP) is 2.53. The van der Waals surface area contributed by atoms with Crippen molar-refractivity contribution in [2.24, 2.45) is 5.84 Å². The molecule has 3 N–H and O–H groups in total. The molecule has 0 aliphatic heterocycles.